The second-order valence-corrected chi connectivity index (χ2v) is 5.73. The maximum Gasteiger partial charge on any atom is 0.339 e. The molecule has 0 saturated carbocycles. The number of carbonyl (C=O) groups is 1. The summed E-state index contributed by atoms with van der Waals surface area (Å²) in [4.78, 5) is 13.7. The summed E-state index contributed by atoms with van der Waals surface area (Å²) in [5, 5.41) is 19.7. The molecule has 1 aliphatic rings. The predicted molar refractivity (Wildman–Crippen MR) is 78.2 cm³/mol. The molecule has 112 valence electrons. The predicted octanol–water partition coefficient (Wildman–Crippen LogP) is 2.33. The first-order valence-electron chi connectivity index (χ1n) is 7.20. The van der Waals surface area contributed by atoms with Gasteiger partial charge in [0.2, 0.25) is 0 Å². The quantitative estimate of drug-likeness (QED) is 0.903. The van der Waals surface area contributed by atoms with Crippen LogP contribution in [0.2, 0.25) is 0 Å². The number of aliphatic hydroxyl groups excluding tert-OH is 1. The van der Waals surface area contributed by atoms with Gasteiger partial charge >= 0.3 is 5.97 Å². The van der Waals surface area contributed by atoms with Crippen LogP contribution in [0.1, 0.15) is 29.5 Å². The molecule has 1 aliphatic heterocycles. The summed E-state index contributed by atoms with van der Waals surface area (Å²) in [5.41, 5.74) is 0.863. The maximum atomic E-state index is 11.5. The topological polar surface area (TPSA) is 73.9 Å². The lowest BCUT2D eigenvalue weighted by Crippen LogP contribution is -2.24. The van der Waals surface area contributed by atoms with Crippen LogP contribution in [0.5, 0.6) is 0 Å². The summed E-state index contributed by atoms with van der Waals surface area (Å²) in [6.07, 6.45) is 0.602. The van der Waals surface area contributed by atoms with Crippen molar-refractivity contribution < 1.29 is 19.4 Å². The van der Waals surface area contributed by atoms with Crippen LogP contribution >= 0.6 is 0 Å². The van der Waals surface area contributed by atoms with Gasteiger partial charge in [0.25, 0.3) is 0 Å². The highest BCUT2D eigenvalue weighted by molar-refractivity contribution is 6.03. The molecule has 5 nitrogen and oxygen atoms in total. The van der Waals surface area contributed by atoms with Crippen LogP contribution in [-0.2, 0) is 6.54 Å². The highest BCUT2D eigenvalue weighted by atomic mass is 16.4. The van der Waals surface area contributed by atoms with Crippen LogP contribution in [0.15, 0.2) is 28.7 Å². The Bertz CT molecular complexity index is 661. The zero-order valence-electron chi connectivity index (χ0n) is 12.0. The third-order valence-corrected chi connectivity index (χ3v) is 4.24. The number of likely N-dealkylation sites (tertiary alicyclic amines) is 1. The summed E-state index contributed by atoms with van der Waals surface area (Å²) >= 11 is 0. The molecule has 0 aliphatic carbocycles. The van der Waals surface area contributed by atoms with E-state index in [1.807, 2.05) is 12.1 Å². The summed E-state index contributed by atoms with van der Waals surface area (Å²) in [6, 6.07) is 7.20. The van der Waals surface area contributed by atoms with Gasteiger partial charge in [-0.1, -0.05) is 18.2 Å². The monoisotopic (exact) mass is 289 g/mol. The number of aromatic carboxylic acids is 1. The number of carboxylic acid groups (broad SMARTS) is 1. The average molecular weight is 289 g/mol. The minimum atomic E-state index is -0.957. The number of hydrogen-bond donors (Lipinski definition) is 2. The molecular weight excluding hydrogens is 270 g/mol. The zero-order valence-corrected chi connectivity index (χ0v) is 12.0. The van der Waals surface area contributed by atoms with Gasteiger partial charge in [-0.25, -0.2) is 4.79 Å². The van der Waals surface area contributed by atoms with Crippen molar-refractivity contribution in [1.29, 1.82) is 0 Å². The fourth-order valence-corrected chi connectivity index (χ4v) is 3.05. The van der Waals surface area contributed by atoms with Crippen LogP contribution in [0.25, 0.3) is 11.0 Å². The number of carboxylic acids is 1. The van der Waals surface area contributed by atoms with E-state index < -0.39 is 5.97 Å². The Kier molecular flexibility index (Phi) is 3.69. The molecule has 0 amide bonds. The Morgan fingerprint density at radius 3 is 2.90 bits per heavy atom. The van der Waals surface area contributed by atoms with E-state index in [0.29, 0.717) is 23.3 Å². The molecular formula is C16H19NO4. The van der Waals surface area contributed by atoms with Crippen molar-refractivity contribution in [3.05, 3.63) is 35.6 Å². The van der Waals surface area contributed by atoms with Crippen LogP contribution in [0.4, 0.5) is 0 Å². The van der Waals surface area contributed by atoms with Gasteiger partial charge in [0.05, 0.1) is 12.6 Å². The molecule has 0 spiro atoms. The Morgan fingerprint density at radius 1 is 1.48 bits per heavy atom. The molecule has 3 rings (SSSR count). The van der Waals surface area contributed by atoms with Crippen LogP contribution in [0.3, 0.4) is 0 Å². The standard InChI is InChI=1S/C16H19NO4/c1-10(18)11-6-7-17(8-11)9-14-15(16(19)20)12-4-2-3-5-13(12)21-14/h2-5,10-11,18H,6-9H2,1H3,(H,19,20). The van der Waals surface area contributed by atoms with Crippen LogP contribution in [0, 0.1) is 5.92 Å². The first-order chi connectivity index (χ1) is 10.1. The van der Waals surface area contributed by atoms with E-state index in [0.717, 1.165) is 19.5 Å². The molecule has 0 bridgehead atoms. The third kappa shape index (κ3) is 2.66. The molecule has 2 atom stereocenters. The lowest BCUT2D eigenvalue weighted by atomic mass is 10.0. The van der Waals surface area contributed by atoms with Crippen molar-refractivity contribution >= 4 is 16.9 Å². The van der Waals surface area contributed by atoms with Crippen LogP contribution < -0.4 is 0 Å². The summed E-state index contributed by atoms with van der Waals surface area (Å²) < 4.78 is 5.73. The number of hydrogen-bond acceptors (Lipinski definition) is 4. The molecule has 2 N–H and O–H groups in total. The summed E-state index contributed by atoms with van der Waals surface area (Å²) in [6.45, 7) is 3.90. The maximum absolute atomic E-state index is 11.5. The molecule has 1 aromatic heterocycles. The van der Waals surface area contributed by atoms with E-state index in [4.69, 9.17) is 4.42 Å². The Labute approximate surface area is 122 Å². The number of furan rings is 1. The lowest BCUT2D eigenvalue weighted by Gasteiger charge is -2.16. The van der Waals surface area contributed by atoms with Crippen molar-refractivity contribution in [3.63, 3.8) is 0 Å². The molecule has 2 heterocycles. The number of rotatable bonds is 4. The fourth-order valence-electron chi connectivity index (χ4n) is 3.05. The molecule has 2 unspecified atom stereocenters. The van der Waals surface area contributed by atoms with Crippen molar-refractivity contribution in [1.82, 2.24) is 4.90 Å². The van der Waals surface area contributed by atoms with Crippen molar-refractivity contribution in [2.45, 2.75) is 26.0 Å². The van der Waals surface area contributed by atoms with E-state index in [2.05, 4.69) is 4.90 Å². The second-order valence-electron chi connectivity index (χ2n) is 5.73. The van der Waals surface area contributed by atoms with Gasteiger partial charge in [-0.2, -0.15) is 0 Å². The lowest BCUT2D eigenvalue weighted by molar-refractivity contribution is 0.0694. The van der Waals surface area contributed by atoms with Gasteiger partial charge in [0.15, 0.2) is 0 Å². The fraction of sp³-hybridized carbons (Fsp3) is 0.438. The highest BCUT2D eigenvalue weighted by Gasteiger charge is 2.28. The molecule has 2 aromatic rings. The Morgan fingerprint density at radius 2 is 2.24 bits per heavy atom. The van der Waals surface area contributed by atoms with Crippen LogP contribution in [-0.4, -0.2) is 40.3 Å². The molecule has 1 saturated heterocycles. The van der Waals surface area contributed by atoms with Gasteiger partial charge < -0.3 is 14.6 Å². The number of benzene rings is 1. The molecule has 21 heavy (non-hydrogen) atoms. The Hall–Kier alpha value is -1.85. The highest BCUT2D eigenvalue weighted by Crippen LogP contribution is 2.29. The third-order valence-electron chi connectivity index (χ3n) is 4.24. The summed E-state index contributed by atoms with van der Waals surface area (Å²) in [5.74, 6) is -0.209. The van der Waals surface area contributed by atoms with Crippen molar-refractivity contribution in [2.24, 2.45) is 5.92 Å². The Balaban J connectivity index is 1.87. The average Bonchev–Trinajstić information content (AvgIpc) is 3.02. The number of fused-ring (bicyclic) bond motifs is 1. The smallest absolute Gasteiger partial charge is 0.339 e. The molecule has 5 heteroatoms. The minimum Gasteiger partial charge on any atom is -0.478 e. The zero-order chi connectivity index (χ0) is 15.0. The van der Waals surface area contributed by atoms with E-state index >= 15 is 0 Å². The van der Waals surface area contributed by atoms with Gasteiger partial charge in [-0.05, 0) is 31.9 Å². The van der Waals surface area contributed by atoms with E-state index in [1.54, 1.807) is 19.1 Å². The summed E-state index contributed by atoms with van der Waals surface area (Å²) in [7, 11) is 0. The second kappa shape index (κ2) is 5.50. The number of nitrogens with zero attached hydrogens (tertiary/aromatic N) is 1. The SMILES string of the molecule is CC(O)C1CCN(Cc2oc3ccccc3c2C(=O)O)C1. The van der Waals surface area contributed by atoms with E-state index in [-0.39, 0.29) is 17.6 Å². The normalized spacial score (nSPS) is 21.0. The van der Waals surface area contributed by atoms with E-state index in [9.17, 15) is 15.0 Å². The first-order valence-corrected chi connectivity index (χ1v) is 7.20. The van der Waals surface area contributed by atoms with E-state index in [1.165, 1.54) is 0 Å². The number of aliphatic hydroxyl groups is 1. The van der Waals surface area contributed by atoms with Gasteiger partial charge in [0.1, 0.15) is 16.9 Å². The molecule has 0 radical (unpaired) electrons. The van der Waals surface area contributed by atoms with Crippen molar-refractivity contribution in [3.8, 4) is 0 Å². The first kappa shape index (κ1) is 14.1. The van der Waals surface area contributed by atoms with Gasteiger partial charge in [-0.15, -0.1) is 0 Å². The number of para-hydroxylation sites is 1. The van der Waals surface area contributed by atoms with Crippen molar-refractivity contribution in [2.75, 3.05) is 13.1 Å². The minimum absolute atomic E-state index is 0.252. The molecule has 1 fully saturated rings. The molecule has 1 aromatic carbocycles. The largest absolute Gasteiger partial charge is 0.478 e. The van der Waals surface area contributed by atoms with Gasteiger partial charge in [0, 0.05) is 11.9 Å². The van der Waals surface area contributed by atoms with Gasteiger partial charge in [-0.3, -0.25) is 4.90 Å².